The van der Waals surface area contributed by atoms with Crippen LogP contribution < -0.4 is 10.1 Å². The molecule has 140 valence electrons. The Bertz CT molecular complexity index is 760. The summed E-state index contributed by atoms with van der Waals surface area (Å²) in [7, 11) is -0.687. The summed E-state index contributed by atoms with van der Waals surface area (Å²) in [5.74, 6) is 2.50. The Morgan fingerprint density at radius 3 is 2.62 bits per heavy atom. The second-order valence-electron chi connectivity index (χ2n) is 6.78. The molecule has 2 heterocycles. The van der Waals surface area contributed by atoms with Crippen molar-refractivity contribution in [2.75, 3.05) is 36.5 Å². The van der Waals surface area contributed by atoms with Crippen molar-refractivity contribution in [3.8, 4) is 11.6 Å². The summed E-state index contributed by atoms with van der Waals surface area (Å²) < 4.78 is 30.1. The smallest absolute Gasteiger partial charge is 0.226 e. The standard InChI is InChI=1S/C18H23FN4O2S/c1-18(2,23-9-11-26(24)12-10-23)13-21-17-20-8-7-16(22-17)25-15-5-3-14(19)4-6-15/h3-8H,9-13H2,1-2H3,(H,20,21,22). The van der Waals surface area contributed by atoms with Crippen LogP contribution in [0.15, 0.2) is 36.5 Å². The van der Waals surface area contributed by atoms with Crippen LogP contribution in [0.2, 0.25) is 0 Å². The molecule has 2 aromatic rings. The molecule has 0 atom stereocenters. The second-order valence-corrected chi connectivity index (χ2v) is 8.47. The van der Waals surface area contributed by atoms with Crippen LogP contribution in [0.1, 0.15) is 13.8 Å². The lowest BCUT2D eigenvalue weighted by molar-refractivity contribution is 0.145. The third-order valence-corrected chi connectivity index (χ3v) is 5.65. The van der Waals surface area contributed by atoms with Crippen LogP contribution in [0.4, 0.5) is 10.3 Å². The molecule has 0 aliphatic carbocycles. The fourth-order valence-electron chi connectivity index (χ4n) is 2.76. The minimum atomic E-state index is -0.687. The lowest BCUT2D eigenvalue weighted by atomic mass is 10.0. The summed E-state index contributed by atoms with van der Waals surface area (Å²) in [6, 6.07) is 7.43. The van der Waals surface area contributed by atoms with Gasteiger partial charge < -0.3 is 10.1 Å². The molecule has 0 amide bonds. The number of nitrogens with zero attached hydrogens (tertiary/aromatic N) is 3. The quantitative estimate of drug-likeness (QED) is 0.834. The highest BCUT2D eigenvalue weighted by Crippen LogP contribution is 2.21. The molecule has 26 heavy (non-hydrogen) atoms. The Labute approximate surface area is 155 Å². The van der Waals surface area contributed by atoms with Gasteiger partial charge in [-0.2, -0.15) is 4.98 Å². The van der Waals surface area contributed by atoms with E-state index in [2.05, 4.69) is 34.0 Å². The van der Waals surface area contributed by atoms with Crippen LogP contribution in [-0.4, -0.2) is 55.8 Å². The second kappa shape index (κ2) is 8.09. The van der Waals surface area contributed by atoms with Crippen molar-refractivity contribution in [2.45, 2.75) is 19.4 Å². The topological polar surface area (TPSA) is 67.4 Å². The number of benzene rings is 1. The Morgan fingerprint density at radius 1 is 1.23 bits per heavy atom. The van der Waals surface area contributed by atoms with Gasteiger partial charge in [-0.1, -0.05) is 0 Å². The van der Waals surface area contributed by atoms with E-state index in [-0.39, 0.29) is 11.4 Å². The third-order valence-electron chi connectivity index (χ3n) is 4.38. The highest BCUT2D eigenvalue weighted by molar-refractivity contribution is 7.85. The average molecular weight is 378 g/mol. The third kappa shape index (κ3) is 4.98. The predicted molar refractivity (Wildman–Crippen MR) is 101 cm³/mol. The van der Waals surface area contributed by atoms with E-state index in [0.29, 0.717) is 24.1 Å². The number of aromatic nitrogens is 2. The lowest BCUT2D eigenvalue weighted by Crippen LogP contribution is -2.53. The van der Waals surface area contributed by atoms with Crippen molar-refractivity contribution in [3.63, 3.8) is 0 Å². The first-order valence-corrected chi connectivity index (χ1v) is 10.0. The maximum absolute atomic E-state index is 13.0. The van der Waals surface area contributed by atoms with Crippen molar-refractivity contribution < 1.29 is 13.3 Å². The van der Waals surface area contributed by atoms with Gasteiger partial charge >= 0.3 is 0 Å². The summed E-state index contributed by atoms with van der Waals surface area (Å²) in [5.41, 5.74) is -0.109. The van der Waals surface area contributed by atoms with Crippen LogP contribution in [0.25, 0.3) is 0 Å². The molecular weight excluding hydrogens is 355 g/mol. The van der Waals surface area contributed by atoms with E-state index >= 15 is 0 Å². The molecule has 1 fully saturated rings. The predicted octanol–water partition coefficient (Wildman–Crippen LogP) is 2.66. The summed E-state index contributed by atoms with van der Waals surface area (Å²) in [4.78, 5) is 10.9. The summed E-state index contributed by atoms with van der Waals surface area (Å²) >= 11 is 0. The van der Waals surface area contributed by atoms with E-state index < -0.39 is 10.8 Å². The molecule has 8 heteroatoms. The minimum absolute atomic E-state index is 0.109. The molecule has 1 saturated heterocycles. The van der Waals surface area contributed by atoms with Gasteiger partial charge in [0, 0.05) is 59.7 Å². The summed E-state index contributed by atoms with van der Waals surface area (Å²) in [6.07, 6.45) is 1.62. The Balaban J connectivity index is 1.59. The van der Waals surface area contributed by atoms with Crippen molar-refractivity contribution in [1.82, 2.24) is 14.9 Å². The number of ether oxygens (including phenoxy) is 1. The van der Waals surface area contributed by atoms with Crippen molar-refractivity contribution in [2.24, 2.45) is 0 Å². The van der Waals surface area contributed by atoms with E-state index in [1.165, 1.54) is 12.1 Å². The molecule has 3 rings (SSSR count). The van der Waals surface area contributed by atoms with E-state index in [1.54, 1.807) is 24.4 Å². The number of halogens is 1. The molecular formula is C18H23FN4O2S. The maximum Gasteiger partial charge on any atom is 0.226 e. The number of anilines is 1. The lowest BCUT2D eigenvalue weighted by Gasteiger charge is -2.40. The van der Waals surface area contributed by atoms with Crippen LogP contribution in [0.5, 0.6) is 11.6 Å². The molecule has 0 saturated carbocycles. The number of nitrogens with one attached hydrogen (secondary N) is 1. The monoisotopic (exact) mass is 378 g/mol. The van der Waals surface area contributed by atoms with Crippen LogP contribution in [-0.2, 0) is 10.8 Å². The van der Waals surface area contributed by atoms with E-state index in [4.69, 9.17) is 4.74 Å². The van der Waals surface area contributed by atoms with Gasteiger partial charge in [-0.3, -0.25) is 9.11 Å². The molecule has 0 bridgehead atoms. The van der Waals surface area contributed by atoms with Crippen LogP contribution in [0, 0.1) is 5.82 Å². The average Bonchev–Trinajstić information content (AvgIpc) is 2.63. The molecule has 0 unspecified atom stereocenters. The first kappa shape index (κ1) is 18.7. The molecule has 1 aromatic carbocycles. The van der Waals surface area contributed by atoms with Crippen molar-refractivity contribution in [1.29, 1.82) is 0 Å². The van der Waals surface area contributed by atoms with Crippen molar-refractivity contribution in [3.05, 3.63) is 42.3 Å². The van der Waals surface area contributed by atoms with Crippen LogP contribution >= 0.6 is 0 Å². The Morgan fingerprint density at radius 2 is 1.92 bits per heavy atom. The molecule has 1 aliphatic heterocycles. The molecule has 1 N–H and O–H groups in total. The number of hydrogen-bond acceptors (Lipinski definition) is 6. The van der Waals surface area contributed by atoms with Gasteiger partial charge in [0.1, 0.15) is 11.6 Å². The highest BCUT2D eigenvalue weighted by atomic mass is 32.2. The van der Waals surface area contributed by atoms with E-state index in [9.17, 15) is 8.60 Å². The van der Waals surface area contributed by atoms with Crippen molar-refractivity contribution >= 4 is 16.7 Å². The fourth-order valence-corrected chi connectivity index (χ4v) is 3.81. The molecule has 6 nitrogen and oxygen atoms in total. The zero-order valence-corrected chi connectivity index (χ0v) is 15.8. The van der Waals surface area contributed by atoms with Crippen LogP contribution in [0.3, 0.4) is 0 Å². The van der Waals surface area contributed by atoms with E-state index in [1.807, 2.05) is 0 Å². The minimum Gasteiger partial charge on any atom is -0.439 e. The zero-order valence-electron chi connectivity index (χ0n) is 14.9. The van der Waals surface area contributed by atoms with Gasteiger partial charge in [0.25, 0.3) is 0 Å². The SMILES string of the molecule is CC(C)(CNc1nccc(Oc2ccc(F)cc2)n1)N1CCS(=O)CC1. The van der Waals surface area contributed by atoms with Gasteiger partial charge in [-0.15, -0.1) is 0 Å². The fraction of sp³-hybridized carbons (Fsp3) is 0.444. The first-order chi connectivity index (χ1) is 12.4. The van der Waals surface area contributed by atoms with Gasteiger partial charge in [-0.05, 0) is 38.1 Å². The summed E-state index contributed by atoms with van der Waals surface area (Å²) in [6.45, 7) is 6.60. The molecule has 0 radical (unpaired) electrons. The first-order valence-electron chi connectivity index (χ1n) is 8.53. The number of hydrogen-bond donors (Lipinski definition) is 1. The molecule has 1 aliphatic rings. The van der Waals surface area contributed by atoms with Gasteiger partial charge in [0.15, 0.2) is 0 Å². The zero-order chi connectivity index (χ0) is 18.6. The Kier molecular flexibility index (Phi) is 5.83. The van der Waals surface area contributed by atoms with E-state index in [0.717, 1.165) is 24.6 Å². The highest BCUT2D eigenvalue weighted by Gasteiger charge is 2.29. The molecule has 1 aromatic heterocycles. The van der Waals surface area contributed by atoms with Gasteiger partial charge in [0.05, 0.1) is 0 Å². The molecule has 0 spiro atoms. The number of rotatable bonds is 6. The largest absolute Gasteiger partial charge is 0.439 e. The van der Waals surface area contributed by atoms with Gasteiger partial charge in [0.2, 0.25) is 11.8 Å². The normalized spacial score (nSPS) is 16.4. The summed E-state index contributed by atoms with van der Waals surface area (Å²) in [5, 5.41) is 3.25. The Hall–Kier alpha value is -2.06. The van der Waals surface area contributed by atoms with Gasteiger partial charge in [-0.25, -0.2) is 9.37 Å². The maximum atomic E-state index is 13.0.